The number of halogens is 1. The van der Waals surface area contributed by atoms with Crippen LogP contribution in [-0.4, -0.2) is 49.5 Å². The van der Waals surface area contributed by atoms with Gasteiger partial charge in [0.15, 0.2) is 5.69 Å². The number of H-pyrrole nitrogens is 1. The van der Waals surface area contributed by atoms with Crippen LogP contribution in [0, 0.1) is 17.2 Å². The van der Waals surface area contributed by atoms with E-state index in [1.807, 2.05) is 18.5 Å². The van der Waals surface area contributed by atoms with Crippen molar-refractivity contribution in [1.29, 1.82) is 5.26 Å². The molecule has 4 aromatic heterocycles. The molecule has 0 saturated carbocycles. The monoisotopic (exact) mass is 408 g/mol. The van der Waals surface area contributed by atoms with Crippen molar-refractivity contribution in [2.45, 2.75) is 12.5 Å². The smallest absolute Gasteiger partial charge is 0.175 e. The lowest BCUT2D eigenvalue weighted by atomic mass is 10.0. The summed E-state index contributed by atoms with van der Waals surface area (Å²) in [6.07, 6.45) is 7.74. The van der Waals surface area contributed by atoms with E-state index < -0.39 is 6.67 Å². The predicted octanol–water partition coefficient (Wildman–Crippen LogP) is 3.19. The maximum Gasteiger partial charge on any atom is 0.175 e. The lowest BCUT2D eigenvalue weighted by molar-refractivity contribution is 0.257. The van der Waals surface area contributed by atoms with Crippen molar-refractivity contribution in [3.05, 3.63) is 42.2 Å². The second kappa shape index (κ2) is 7.25. The zero-order chi connectivity index (χ0) is 19.8. The Morgan fingerprint density at radius 2 is 2.31 bits per heavy atom. The number of fused-ring (bicyclic) bond motifs is 1. The number of thiazole rings is 1. The molecule has 1 N–H and O–H groups in total. The number of aromatic amines is 1. The van der Waals surface area contributed by atoms with E-state index in [0.29, 0.717) is 12.2 Å². The molecule has 0 aliphatic carbocycles. The number of nitrogens with zero attached hydrogens (tertiary/aromatic N) is 7. The minimum absolute atomic E-state index is 0.0964. The molecule has 0 spiro atoms. The van der Waals surface area contributed by atoms with Gasteiger partial charge in [-0.25, -0.2) is 19.3 Å². The zero-order valence-electron chi connectivity index (χ0n) is 15.4. The summed E-state index contributed by atoms with van der Waals surface area (Å²) in [5.41, 5.74) is 4.48. The topological polar surface area (TPSA) is 99.3 Å². The summed E-state index contributed by atoms with van der Waals surface area (Å²) >= 11 is 1.45. The molecule has 1 saturated heterocycles. The third-order valence-electron chi connectivity index (χ3n) is 5.44. The summed E-state index contributed by atoms with van der Waals surface area (Å²) in [4.78, 5) is 17.9. The van der Waals surface area contributed by atoms with Gasteiger partial charge in [0.05, 0.1) is 23.4 Å². The van der Waals surface area contributed by atoms with Gasteiger partial charge in [0.25, 0.3) is 0 Å². The predicted molar refractivity (Wildman–Crippen MR) is 107 cm³/mol. The van der Waals surface area contributed by atoms with Crippen LogP contribution in [0.4, 0.5) is 9.39 Å². The van der Waals surface area contributed by atoms with Crippen LogP contribution in [0.3, 0.4) is 0 Å². The fourth-order valence-electron chi connectivity index (χ4n) is 3.98. The third-order valence-corrected chi connectivity index (χ3v) is 6.32. The van der Waals surface area contributed by atoms with Gasteiger partial charge < -0.3 is 9.88 Å². The lowest BCUT2D eigenvalue weighted by Crippen LogP contribution is -2.26. The Labute approximate surface area is 169 Å². The van der Waals surface area contributed by atoms with Crippen LogP contribution in [0.15, 0.2) is 36.5 Å². The first-order valence-corrected chi connectivity index (χ1v) is 10.1. The summed E-state index contributed by atoms with van der Waals surface area (Å²) in [7, 11) is 0. The van der Waals surface area contributed by atoms with Crippen molar-refractivity contribution >= 4 is 27.4 Å². The number of rotatable bonds is 5. The van der Waals surface area contributed by atoms with Gasteiger partial charge in [-0.15, -0.1) is 11.3 Å². The van der Waals surface area contributed by atoms with Crippen molar-refractivity contribution < 1.29 is 4.39 Å². The number of alkyl halides is 1. The maximum atomic E-state index is 14.1. The van der Waals surface area contributed by atoms with Crippen LogP contribution in [0.5, 0.6) is 0 Å². The zero-order valence-corrected chi connectivity index (χ0v) is 16.2. The van der Waals surface area contributed by atoms with E-state index in [1.165, 1.54) is 17.7 Å². The molecule has 1 aliphatic rings. The fraction of sp³-hybridized carbons (Fsp3) is 0.316. The summed E-state index contributed by atoms with van der Waals surface area (Å²) in [5.74, 6) is 0.0964. The average Bonchev–Trinajstić information content (AvgIpc) is 3.54. The quantitative estimate of drug-likeness (QED) is 0.544. The van der Waals surface area contributed by atoms with E-state index in [9.17, 15) is 9.65 Å². The van der Waals surface area contributed by atoms with E-state index in [1.54, 1.807) is 16.4 Å². The molecule has 2 unspecified atom stereocenters. The number of aromatic nitrogens is 6. The molecule has 0 amide bonds. The van der Waals surface area contributed by atoms with Gasteiger partial charge in [0, 0.05) is 42.4 Å². The molecule has 0 aromatic carbocycles. The minimum Gasteiger partial charge on any atom is -0.361 e. The molecule has 10 heteroatoms. The maximum absolute atomic E-state index is 14.1. The summed E-state index contributed by atoms with van der Waals surface area (Å²) < 4.78 is 15.8. The number of nitrogens with one attached hydrogen (secondary N) is 1. The van der Waals surface area contributed by atoms with Gasteiger partial charge in [-0.3, -0.25) is 4.68 Å². The molecule has 4 aromatic rings. The molecule has 146 valence electrons. The standard InChI is InChI=1S/C19H17FN8S/c20-5-16(12-2-4-27(8-12)19-15(6-21)25-11-29-19)28-9-13(7-26-28)17-14-1-3-22-18(14)24-10-23-17/h1,3,7,9-12,16H,2,4-5,8H2,(H,22,23,24). The van der Waals surface area contributed by atoms with Crippen molar-refractivity contribution in [3.8, 4) is 17.3 Å². The van der Waals surface area contributed by atoms with Crippen LogP contribution in [0.2, 0.25) is 0 Å². The Kier molecular flexibility index (Phi) is 4.44. The second-order valence-corrected chi connectivity index (χ2v) is 7.84. The number of hydrogen-bond donors (Lipinski definition) is 1. The molecule has 5 heterocycles. The SMILES string of the molecule is N#Cc1ncsc1N1CCC(C(CF)n2cc(-c3ncnc4[nH]ccc34)cn2)C1. The van der Waals surface area contributed by atoms with Crippen molar-refractivity contribution in [1.82, 2.24) is 29.7 Å². The number of anilines is 1. The van der Waals surface area contributed by atoms with Crippen molar-refractivity contribution in [3.63, 3.8) is 0 Å². The fourth-order valence-corrected chi connectivity index (χ4v) is 4.77. The highest BCUT2D eigenvalue weighted by Gasteiger charge is 2.33. The highest BCUT2D eigenvalue weighted by molar-refractivity contribution is 7.14. The Balaban J connectivity index is 1.39. The normalized spacial score (nSPS) is 17.7. The van der Waals surface area contributed by atoms with Crippen LogP contribution in [0.1, 0.15) is 18.2 Å². The Morgan fingerprint density at radius 1 is 1.38 bits per heavy atom. The highest BCUT2D eigenvalue weighted by Crippen LogP contribution is 2.35. The highest BCUT2D eigenvalue weighted by atomic mass is 32.1. The largest absolute Gasteiger partial charge is 0.361 e. The average molecular weight is 408 g/mol. The van der Waals surface area contributed by atoms with Crippen LogP contribution in [0.25, 0.3) is 22.3 Å². The summed E-state index contributed by atoms with van der Waals surface area (Å²) in [6, 6.07) is 3.68. The van der Waals surface area contributed by atoms with Gasteiger partial charge >= 0.3 is 0 Å². The van der Waals surface area contributed by atoms with Crippen molar-refractivity contribution in [2.24, 2.45) is 5.92 Å². The second-order valence-electron chi connectivity index (χ2n) is 7.01. The first-order chi connectivity index (χ1) is 14.3. The lowest BCUT2D eigenvalue weighted by Gasteiger charge is -2.22. The molecular weight excluding hydrogens is 391 g/mol. The summed E-state index contributed by atoms with van der Waals surface area (Å²) in [5, 5.41) is 15.4. The van der Waals surface area contributed by atoms with Gasteiger partial charge in [0.1, 0.15) is 29.7 Å². The summed E-state index contributed by atoms with van der Waals surface area (Å²) in [6.45, 7) is 0.953. The number of nitriles is 1. The number of hydrogen-bond acceptors (Lipinski definition) is 7. The van der Waals surface area contributed by atoms with Gasteiger partial charge in [-0.2, -0.15) is 10.4 Å². The van der Waals surface area contributed by atoms with Gasteiger partial charge in [-0.05, 0) is 12.5 Å². The molecule has 1 fully saturated rings. The molecule has 29 heavy (non-hydrogen) atoms. The van der Waals surface area contributed by atoms with E-state index in [0.717, 1.165) is 40.3 Å². The van der Waals surface area contributed by atoms with Crippen LogP contribution < -0.4 is 4.90 Å². The molecule has 1 aliphatic heterocycles. The third kappa shape index (κ3) is 3.03. The molecular formula is C19H17FN8S. The van der Waals surface area contributed by atoms with E-state index in [-0.39, 0.29) is 12.0 Å². The Morgan fingerprint density at radius 3 is 3.17 bits per heavy atom. The van der Waals surface area contributed by atoms with Gasteiger partial charge in [0.2, 0.25) is 0 Å². The Bertz CT molecular complexity index is 1190. The Hall–Kier alpha value is -3.32. The molecule has 0 bridgehead atoms. The first kappa shape index (κ1) is 17.8. The molecule has 5 rings (SSSR count). The molecule has 8 nitrogen and oxygen atoms in total. The van der Waals surface area contributed by atoms with Crippen molar-refractivity contribution in [2.75, 3.05) is 24.7 Å². The van der Waals surface area contributed by atoms with E-state index in [2.05, 4.69) is 36.0 Å². The van der Waals surface area contributed by atoms with Gasteiger partial charge in [-0.1, -0.05) is 0 Å². The molecule has 0 radical (unpaired) electrons. The van der Waals surface area contributed by atoms with E-state index >= 15 is 0 Å². The van der Waals surface area contributed by atoms with E-state index in [4.69, 9.17) is 0 Å². The minimum atomic E-state index is -0.503. The molecule has 2 atom stereocenters. The van der Waals surface area contributed by atoms with Crippen LogP contribution in [-0.2, 0) is 0 Å². The first-order valence-electron chi connectivity index (χ1n) is 9.25. The van der Waals surface area contributed by atoms with Crippen LogP contribution >= 0.6 is 11.3 Å².